The van der Waals surface area contributed by atoms with E-state index in [1.165, 1.54) is 25.2 Å². The fourth-order valence-corrected chi connectivity index (χ4v) is 2.78. The summed E-state index contributed by atoms with van der Waals surface area (Å²) in [7, 11) is 3.19. The summed E-state index contributed by atoms with van der Waals surface area (Å²) in [6.07, 6.45) is -2.18. The van der Waals surface area contributed by atoms with E-state index in [-0.39, 0.29) is 22.8 Å². The van der Waals surface area contributed by atoms with Gasteiger partial charge in [-0.05, 0) is 19.1 Å². The monoisotopic (exact) mass is 404 g/mol. The normalized spacial score (nSPS) is 11.2. The van der Waals surface area contributed by atoms with Gasteiger partial charge in [-0.25, -0.2) is 4.98 Å². The third-order valence-electron chi connectivity index (χ3n) is 4.15. The zero-order valence-electron chi connectivity index (χ0n) is 15.9. The molecule has 29 heavy (non-hydrogen) atoms. The standard InChI is InChI=1S/C19H19F3N6O/c1-11-16(10-28(3)27-11)26-17-8-15(13(9-24-17)19(20,21)22)25-14-7-5-4-6-12(14)18(29)23-2/h4-10H,1-3H3,(H,23,29)(H2,24,25,26). The van der Waals surface area contributed by atoms with Crippen LogP contribution in [0.3, 0.4) is 0 Å². The first-order chi connectivity index (χ1) is 13.7. The van der Waals surface area contributed by atoms with Crippen LogP contribution in [0.5, 0.6) is 0 Å². The number of aryl methyl sites for hydroxylation is 2. The summed E-state index contributed by atoms with van der Waals surface area (Å²) in [6.45, 7) is 1.77. The van der Waals surface area contributed by atoms with E-state index in [0.29, 0.717) is 11.4 Å². The van der Waals surface area contributed by atoms with Crippen molar-refractivity contribution in [3.63, 3.8) is 0 Å². The highest BCUT2D eigenvalue weighted by Gasteiger charge is 2.34. The SMILES string of the molecule is CNC(=O)c1ccccc1Nc1cc(Nc2cn(C)nc2C)ncc1C(F)(F)F. The molecule has 0 atom stereocenters. The molecule has 0 aliphatic heterocycles. The van der Waals surface area contributed by atoms with E-state index in [1.54, 1.807) is 37.0 Å². The predicted octanol–water partition coefficient (Wildman–Crippen LogP) is 3.99. The Labute approximate surface area is 165 Å². The predicted molar refractivity (Wildman–Crippen MR) is 104 cm³/mol. The highest BCUT2D eigenvalue weighted by atomic mass is 19.4. The largest absolute Gasteiger partial charge is 0.419 e. The summed E-state index contributed by atoms with van der Waals surface area (Å²) in [5, 5.41) is 12.3. The van der Waals surface area contributed by atoms with E-state index >= 15 is 0 Å². The first kappa shape index (κ1) is 20.2. The van der Waals surface area contributed by atoms with Crippen LogP contribution in [0.2, 0.25) is 0 Å². The third kappa shape index (κ3) is 4.48. The molecule has 0 unspecified atom stereocenters. The Balaban J connectivity index is 2.02. The number of pyridine rings is 1. The maximum Gasteiger partial charge on any atom is 0.419 e. The molecule has 3 rings (SSSR count). The van der Waals surface area contributed by atoms with Gasteiger partial charge in [-0.2, -0.15) is 18.3 Å². The van der Waals surface area contributed by atoms with E-state index in [0.717, 1.165) is 6.20 Å². The van der Waals surface area contributed by atoms with Crippen molar-refractivity contribution in [2.75, 3.05) is 17.7 Å². The third-order valence-corrected chi connectivity index (χ3v) is 4.15. The van der Waals surface area contributed by atoms with E-state index in [2.05, 4.69) is 26.0 Å². The molecule has 0 saturated heterocycles. The van der Waals surface area contributed by atoms with Gasteiger partial charge in [0, 0.05) is 32.6 Å². The number of hydrogen-bond donors (Lipinski definition) is 3. The minimum absolute atomic E-state index is 0.203. The van der Waals surface area contributed by atoms with Crippen molar-refractivity contribution in [3.8, 4) is 0 Å². The van der Waals surface area contributed by atoms with E-state index < -0.39 is 17.6 Å². The van der Waals surface area contributed by atoms with Crippen LogP contribution in [0.25, 0.3) is 0 Å². The van der Waals surface area contributed by atoms with E-state index in [4.69, 9.17) is 0 Å². The average Bonchev–Trinajstić information content (AvgIpc) is 2.97. The Kier molecular flexibility index (Phi) is 5.44. The minimum atomic E-state index is -4.62. The first-order valence-electron chi connectivity index (χ1n) is 8.61. The molecule has 2 aromatic heterocycles. The minimum Gasteiger partial charge on any atom is -0.355 e. The number of amides is 1. The van der Waals surface area contributed by atoms with Gasteiger partial charge in [0.05, 0.1) is 33.9 Å². The summed E-state index contributed by atoms with van der Waals surface area (Å²) < 4.78 is 42.1. The fraction of sp³-hybridized carbons (Fsp3) is 0.211. The maximum absolute atomic E-state index is 13.5. The molecule has 10 heteroatoms. The van der Waals surface area contributed by atoms with Gasteiger partial charge >= 0.3 is 6.18 Å². The summed E-state index contributed by atoms with van der Waals surface area (Å²) in [6, 6.07) is 7.56. The Morgan fingerprint density at radius 1 is 1.10 bits per heavy atom. The number of benzene rings is 1. The van der Waals surface area contributed by atoms with Crippen molar-refractivity contribution in [3.05, 3.63) is 59.5 Å². The smallest absolute Gasteiger partial charge is 0.355 e. The molecule has 0 saturated carbocycles. The van der Waals surface area contributed by atoms with Gasteiger partial charge < -0.3 is 16.0 Å². The van der Waals surface area contributed by atoms with Crippen molar-refractivity contribution in [1.82, 2.24) is 20.1 Å². The summed E-state index contributed by atoms with van der Waals surface area (Å²) in [5.74, 6) is -0.214. The second-order valence-corrected chi connectivity index (χ2v) is 6.29. The Bertz CT molecular complexity index is 1040. The zero-order chi connectivity index (χ0) is 21.2. The number of hydrogen-bond acceptors (Lipinski definition) is 5. The van der Waals surface area contributed by atoms with Crippen LogP contribution < -0.4 is 16.0 Å². The number of para-hydroxylation sites is 1. The van der Waals surface area contributed by atoms with Crippen LogP contribution in [0.15, 0.2) is 42.7 Å². The number of nitrogens with one attached hydrogen (secondary N) is 3. The van der Waals surface area contributed by atoms with Crippen molar-refractivity contribution in [2.24, 2.45) is 7.05 Å². The molecule has 3 aromatic rings. The number of rotatable bonds is 5. The molecule has 0 spiro atoms. The Hall–Kier alpha value is -3.56. The molecule has 2 heterocycles. The van der Waals surface area contributed by atoms with Crippen LogP contribution >= 0.6 is 0 Å². The van der Waals surface area contributed by atoms with Gasteiger partial charge in [0.15, 0.2) is 0 Å². The Morgan fingerprint density at radius 2 is 1.83 bits per heavy atom. The second kappa shape index (κ2) is 7.82. The second-order valence-electron chi connectivity index (χ2n) is 6.29. The maximum atomic E-state index is 13.5. The molecular weight excluding hydrogens is 385 g/mol. The molecule has 0 aliphatic carbocycles. The lowest BCUT2D eigenvalue weighted by Crippen LogP contribution is -2.19. The number of carbonyl (C=O) groups is 1. The van der Waals surface area contributed by atoms with Gasteiger partial charge in [-0.3, -0.25) is 9.48 Å². The van der Waals surface area contributed by atoms with Crippen molar-refractivity contribution < 1.29 is 18.0 Å². The molecule has 1 amide bonds. The van der Waals surface area contributed by atoms with Crippen LogP contribution in [-0.4, -0.2) is 27.7 Å². The summed E-state index contributed by atoms with van der Waals surface area (Å²) in [5.41, 5.74) is 0.584. The quantitative estimate of drug-likeness (QED) is 0.599. The average molecular weight is 404 g/mol. The molecule has 3 N–H and O–H groups in total. The van der Waals surface area contributed by atoms with E-state index in [9.17, 15) is 18.0 Å². The first-order valence-corrected chi connectivity index (χ1v) is 8.61. The highest BCUT2D eigenvalue weighted by molar-refractivity contribution is 6.00. The van der Waals surface area contributed by atoms with Crippen LogP contribution in [0.4, 0.5) is 36.1 Å². The lowest BCUT2D eigenvalue weighted by molar-refractivity contribution is -0.137. The van der Waals surface area contributed by atoms with Gasteiger partial charge in [0.2, 0.25) is 0 Å². The number of aromatic nitrogens is 3. The van der Waals surface area contributed by atoms with Crippen LogP contribution in [-0.2, 0) is 13.2 Å². The van der Waals surface area contributed by atoms with Crippen molar-refractivity contribution in [1.29, 1.82) is 0 Å². The van der Waals surface area contributed by atoms with Gasteiger partial charge in [-0.1, -0.05) is 12.1 Å². The van der Waals surface area contributed by atoms with Crippen LogP contribution in [0.1, 0.15) is 21.6 Å². The Morgan fingerprint density at radius 3 is 2.45 bits per heavy atom. The number of nitrogens with zero attached hydrogens (tertiary/aromatic N) is 3. The van der Waals surface area contributed by atoms with Crippen molar-refractivity contribution >= 4 is 28.8 Å². The van der Waals surface area contributed by atoms with Crippen LogP contribution in [0, 0.1) is 6.92 Å². The van der Waals surface area contributed by atoms with Gasteiger partial charge in [-0.15, -0.1) is 0 Å². The molecule has 152 valence electrons. The lowest BCUT2D eigenvalue weighted by atomic mass is 10.1. The van der Waals surface area contributed by atoms with Crippen molar-refractivity contribution in [2.45, 2.75) is 13.1 Å². The number of carbonyl (C=O) groups excluding carboxylic acids is 1. The fourth-order valence-electron chi connectivity index (χ4n) is 2.78. The topological polar surface area (TPSA) is 83.9 Å². The zero-order valence-corrected chi connectivity index (χ0v) is 15.9. The molecule has 0 bridgehead atoms. The number of alkyl halides is 3. The van der Waals surface area contributed by atoms with E-state index in [1.807, 2.05) is 0 Å². The molecule has 0 aliphatic rings. The summed E-state index contributed by atoms with van der Waals surface area (Å²) >= 11 is 0. The molecule has 1 aromatic carbocycles. The lowest BCUT2D eigenvalue weighted by Gasteiger charge is -2.17. The van der Waals surface area contributed by atoms with Gasteiger partial charge in [0.1, 0.15) is 5.82 Å². The molecule has 0 fully saturated rings. The highest BCUT2D eigenvalue weighted by Crippen LogP contribution is 2.37. The summed E-state index contributed by atoms with van der Waals surface area (Å²) in [4.78, 5) is 15.9. The molecule has 7 nitrogen and oxygen atoms in total. The number of anilines is 4. The number of halogens is 3. The molecular formula is C19H19F3N6O. The van der Waals surface area contributed by atoms with Gasteiger partial charge in [0.25, 0.3) is 5.91 Å². The molecule has 0 radical (unpaired) electrons.